The van der Waals surface area contributed by atoms with Crippen LogP contribution in [0.15, 0.2) is 53.4 Å². The molecule has 0 saturated carbocycles. The minimum Gasteiger partial charge on any atom is -0.465 e. The van der Waals surface area contributed by atoms with E-state index in [1.165, 1.54) is 29.1 Å². The number of rotatable bonds is 8. The molecule has 184 valence electrons. The summed E-state index contributed by atoms with van der Waals surface area (Å²) >= 11 is 0. The Kier molecular flexibility index (Phi) is 8.46. The molecule has 1 aliphatic rings. The van der Waals surface area contributed by atoms with Crippen molar-refractivity contribution in [3.8, 4) is 0 Å². The molecule has 1 unspecified atom stereocenters. The Morgan fingerprint density at radius 1 is 1.09 bits per heavy atom. The fourth-order valence-corrected chi connectivity index (χ4v) is 5.85. The number of carbonyl (C=O) groups is 2. The van der Waals surface area contributed by atoms with Crippen LogP contribution in [0.25, 0.3) is 0 Å². The largest absolute Gasteiger partial charge is 0.465 e. The number of hydrogen-bond donors (Lipinski definition) is 1. The number of nitrogens with one attached hydrogen (secondary N) is 1. The van der Waals surface area contributed by atoms with Gasteiger partial charge in [-0.25, -0.2) is 13.2 Å². The van der Waals surface area contributed by atoms with Crippen molar-refractivity contribution < 1.29 is 22.7 Å². The van der Waals surface area contributed by atoms with E-state index in [1.807, 2.05) is 21.0 Å². The number of sulfonamides is 1. The Morgan fingerprint density at radius 2 is 1.71 bits per heavy atom. The lowest BCUT2D eigenvalue weighted by Crippen LogP contribution is -2.44. The molecule has 1 amide bonds. The molecular formula is C25H33N3O5S. The number of hydrogen-bond acceptors (Lipinski definition) is 6. The summed E-state index contributed by atoms with van der Waals surface area (Å²) in [6.45, 7) is 2.94. The van der Waals surface area contributed by atoms with E-state index in [0.717, 1.165) is 5.56 Å². The number of likely N-dealkylation sites (N-methyl/N-ethyl adjacent to an activating group) is 1. The molecule has 1 atom stereocenters. The fraction of sp³-hybridized carbons (Fsp3) is 0.440. The van der Waals surface area contributed by atoms with Crippen molar-refractivity contribution in [3.05, 3.63) is 65.2 Å². The van der Waals surface area contributed by atoms with Gasteiger partial charge in [-0.05, 0) is 51.6 Å². The van der Waals surface area contributed by atoms with Crippen LogP contribution in [0, 0.1) is 12.8 Å². The van der Waals surface area contributed by atoms with Crippen molar-refractivity contribution >= 4 is 21.9 Å². The van der Waals surface area contributed by atoms with Gasteiger partial charge in [-0.15, -0.1) is 0 Å². The normalized spacial score (nSPS) is 16.3. The summed E-state index contributed by atoms with van der Waals surface area (Å²) in [5, 5.41) is 3.05. The Morgan fingerprint density at radius 3 is 2.29 bits per heavy atom. The molecule has 0 spiro atoms. The van der Waals surface area contributed by atoms with Crippen molar-refractivity contribution in [2.75, 3.05) is 40.8 Å². The summed E-state index contributed by atoms with van der Waals surface area (Å²) in [7, 11) is 1.30. The summed E-state index contributed by atoms with van der Waals surface area (Å²) in [5.74, 6) is -1.02. The SMILES string of the molecule is COC(=O)c1ccccc1S(=O)(=O)N1CCC(C(=O)NCC(c2ccc(C)cc2)N(C)C)CC1. The number of methoxy groups -OCH3 is 1. The molecule has 34 heavy (non-hydrogen) atoms. The van der Waals surface area contributed by atoms with Gasteiger partial charge in [0.1, 0.15) is 0 Å². The minimum absolute atomic E-state index is 0.00991. The highest BCUT2D eigenvalue weighted by Gasteiger charge is 2.34. The molecule has 0 bridgehead atoms. The van der Waals surface area contributed by atoms with Gasteiger partial charge in [-0.3, -0.25) is 4.79 Å². The minimum atomic E-state index is -3.88. The highest BCUT2D eigenvalue weighted by molar-refractivity contribution is 7.89. The number of aryl methyl sites for hydroxylation is 1. The highest BCUT2D eigenvalue weighted by atomic mass is 32.2. The molecule has 1 fully saturated rings. The van der Waals surface area contributed by atoms with Crippen LogP contribution in [0.5, 0.6) is 0 Å². The van der Waals surface area contributed by atoms with Gasteiger partial charge in [0.15, 0.2) is 0 Å². The number of carbonyl (C=O) groups excluding carboxylic acids is 2. The third-order valence-corrected chi connectivity index (χ3v) is 8.25. The summed E-state index contributed by atoms with van der Waals surface area (Å²) in [6.07, 6.45) is 0.839. The van der Waals surface area contributed by atoms with Crippen molar-refractivity contribution in [2.45, 2.75) is 30.7 Å². The molecular weight excluding hydrogens is 454 g/mol. The molecule has 9 heteroatoms. The number of nitrogens with zero attached hydrogens (tertiary/aromatic N) is 2. The smallest absolute Gasteiger partial charge is 0.339 e. The van der Waals surface area contributed by atoms with Crippen LogP contribution in [0.3, 0.4) is 0 Å². The lowest BCUT2D eigenvalue weighted by Gasteiger charge is -2.32. The maximum absolute atomic E-state index is 13.2. The van der Waals surface area contributed by atoms with Crippen LogP contribution < -0.4 is 5.32 Å². The van der Waals surface area contributed by atoms with E-state index in [1.54, 1.807) is 12.1 Å². The van der Waals surface area contributed by atoms with Crippen LogP contribution in [0.4, 0.5) is 0 Å². The second kappa shape index (κ2) is 11.1. The van der Waals surface area contributed by atoms with Crippen LogP contribution >= 0.6 is 0 Å². The average Bonchev–Trinajstić information content (AvgIpc) is 2.84. The fourth-order valence-electron chi connectivity index (χ4n) is 4.20. The molecule has 0 aliphatic carbocycles. The maximum atomic E-state index is 13.2. The zero-order valence-corrected chi connectivity index (χ0v) is 21.0. The van der Waals surface area contributed by atoms with E-state index in [4.69, 9.17) is 4.74 Å². The molecule has 1 N–H and O–H groups in total. The molecule has 1 aliphatic heterocycles. The van der Waals surface area contributed by atoms with E-state index < -0.39 is 16.0 Å². The van der Waals surface area contributed by atoms with Crippen molar-refractivity contribution in [3.63, 3.8) is 0 Å². The molecule has 2 aromatic rings. The van der Waals surface area contributed by atoms with Crippen molar-refractivity contribution in [1.82, 2.24) is 14.5 Å². The third-order valence-electron chi connectivity index (χ3n) is 6.29. The molecule has 3 rings (SSSR count). The van der Waals surface area contributed by atoms with Crippen LogP contribution in [-0.2, 0) is 19.6 Å². The highest BCUT2D eigenvalue weighted by Crippen LogP contribution is 2.27. The average molecular weight is 488 g/mol. The van der Waals surface area contributed by atoms with E-state index in [2.05, 4.69) is 34.5 Å². The Labute approximate surface area is 201 Å². The van der Waals surface area contributed by atoms with E-state index >= 15 is 0 Å². The number of benzene rings is 2. The first kappa shape index (κ1) is 25.9. The predicted octanol–water partition coefficient (Wildman–Crippen LogP) is 2.60. The summed E-state index contributed by atoms with van der Waals surface area (Å²) in [5.41, 5.74) is 2.32. The predicted molar refractivity (Wildman–Crippen MR) is 130 cm³/mol. The van der Waals surface area contributed by atoms with Gasteiger partial charge >= 0.3 is 5.97 Å². The molecule has 1 heterocycles. The quantitative estimate of drug-likeness (QED) is 0.575. The van der Waals surface area contributed by atoms with E-state index in [9.17, 15) is 18.0 Å². The monoisotopic (exact) mass is 487 g/mol. The van der Waals surface area contributed by atoms with Crippen LogP contribution in [0.2, 0.25) is 0 Å². The second-order valence-corrected chi connectivity index (χ2v) is 10.7. The Balaban J connectivity index is 1.61. The standard InChI is InChI=1S/C25H33N3O5S/c1-18-9-11-19(12-10-18)22(27(2)3)17-26-24(29)20-13-15-28(16-14-20)34(31,32)23-8-6-5-7-21(23)25(30)33-4/h5-12,20,22H,13-17H2,1-4H3,(H,26,29). The number of esters is 1. The van der Waals surface area contributed by atoms with Gasteiger partial charge in [0.25, 0.3) is 0 Å². The molecule has 0 aromatic heterocycles. The molecule has 0 radical (unpaired) electrons. The summed E-state index contributed by atoms with van der Waals surface area (Å²) < 4.78 is 32.4. The van der Waals surface area contributed by atoms with Crippen LogP contribution in [0.1, 0.15) is 40.4 Å². The van der Waals surface area contributed by atoms with Crippen molar-refractivity contribution in [2.24, 2.45) is 5.92 Å². The van der Waals surface area contributed by atoms with Gasteiger partial charge in [-0.2, -0.15) is 4.31 Å². The third kappa shape index (κ3) is 5.84. The Hall–Kier alpha value is -2.75. The van der Waals surface area contributed by atoms with Gasteiger partial charge < -0.3 is 15.0 Å². The van der Waals surface area contributed by atoms with Crippen molar-refractivity contribution in [1.29, 1.82) is 0 Å². The number of ether oxygens (including phenoxy) is 1. The second-order valence-electron chi connectivity index (χ2n) is 8.80. The maximum Gasteiger partial charge on any atom is 0.339 e. The first-order valence-corrected chi connectivity index (χ1v) is 12.8. The van der Waals surface area contributed by atoms with E-state index in [0.29, 0.717) is 19.4 Å². The van der Waals surface area contributed by atoms with E-state index in [-0.39, 0.29) is 41.4 Å². The Bertz CT molecular complexity index is 1110. The lowest BCUT2D eigenvalue weighted by molar-refractivity contribution is -0.126. The number of piperidine rings is 1. The molecule has 1 saturated heterocycles. The topological polar surface area (TPSA) is 96.0 Å². The van der Waals surface area contributed by atoms with Gasteiger partial charge in [0.05, 0.1) is 23.6 Å². The van der Waals surface area contributed by atoms with Gasteiger partial charge in [-0.1, -0.05) is 42.0 Å². The summed E-state index contributed by atoms with van der Waals surface area (Å²) in [6, 6.07) is 14.3. The zero-order chi connectivity index (χ0) is 24.9. The number of amides is 1. The lowest BCUT2D eigenvalue weighted by atomic mass is 9.97. The first-order chi connectivity index (χ1) is 16.1. The molecule has 2 aromatic carbocycles. The molecule has 8 nitrogen and oxygen atoms in total. The van der Waals surface area contributed by atoms with Crippen LogP contribution in [-0.4, -0.2) is 70.3 Å². The summed E-state index contributed by atoms with van der Waals surface area (Å²) in [4.78, 5) is 26.9. The van der Waals surface area contributed by atoms with Gasteiger partial charge in [0.2, 0.25) is 15.9 Å². The first-order valence-electron chi connectivity index (χ1n) is 11.3. The zero-order valence-electron chi connectivity index (χ0n) is 20.2. The van der Waals surface area contributed by atoms with Gasteiger partial charge in [0, 0.05) is 25.6 Å².